The predicted molar refractivity (Wildman–Crippen MR) is 40.4 cm³/mol. The Balaban J connectivity index is 0.00000144. The van der Waals surface area contributed by atoms with Crippen molar-refractivity contribution < 1.29 is 36.9 Å². The van der Waals surface area contributed by atoms with E-state index >= 15 is 0 Å². The molecule has 0 radical (unpaired) electrons. The Morgan fingerprint density at radius 3 is 1.69 bits per heavy atom. The molecular weight excluding hydrogens is 216 g/mol. The topological polar surface area (TPSA) is 74.6 Å². The first-order valence-corrected chi connectivity index (χ1v) is 3.18. The van der Waals surface area contributed by atoms with Gasteiger partial charge in [-0.1, -0.05) is 6.07 Å². The van der Waals surface area contributed by atoms with Gasteiger partial charge in [0.1, 0.15) is 0 Å². The maximum absolute atomic E-state index is 10.4. The van der Waals surface area contributed by atoms with Gasteiger partial charge in [0.15, 0.2) is 0 Å². The molecule has 0 aliphatic rings. The molecule has 0 fully saturated rings. The number of aromatic carboxylic acids is 2. The van der Waals surface area contributed by atoms with Crippen molar-refractivity contribution in [3.8, 4) is 0 Å². The minimum absolute atomic E-state index is 0. The third-order valence-corrected chi connectivity index (χ3v) is 1.36. The molecule has 1 aromatic rings. The van der Waals surface area contributed by atoms with Crippen LogP contribution in [0.5, 0.6) is 0 Å². The largest absolute Gasteiger partial charge is 0.478 e. The van der Waals surface area contributed by atoms with Crippen LogP contribution in [0, 0.1) is 0 Å². The van der Waals surface area contributed by atoms with E-state index in [2.05, 4.69) is 0 Å². The van der Waals surface area contributed by atoms with Gasteiger partial charge in [0.2, 0.25) is 0 Å². The summed E-state index contributed by atoms with van der Waals surface area (Å²) < 4.78 is 0. The minimum Gasteiger partial charge on any atom is -0.478 e. The second-order valence-corrected chi connectivity index (χ2v) is 2.19. The van der Waals surface area contributed by atoms with Crippen molar-refractivity contribution in [3.63, 3.8) is 0 Å². The summed E-state index contributed by atoms with van der Waals surface area (Å²) in [4.78, 5) is 20.8. The number of carbonyl (C=O) groups is 2. The van der Waals surface area contributed by atoms with E-state index in [1.54, 1.807) is 0 Å². The van der Waals surface area contributed by atoms with Crippen LogP contribution in [0.1, 0.15) is 20.7 Å². The van der Waals surface area contributed by atoms with E-state index in [1.165, 1.54) is 18.2 Å². The van der Waals surface area contributed by atoms with Crippen molar-refractivity contribution in [2.45, 2.75) is 0 Å². The van der Waals surface area contributed by atoms with Gasteiger partial charge in [0.05, 0.1) is 11.1 Å². The van der Waals surface area contributed by atoms with Gasteiger partial charge in [-0.05, 0) is 18.2 Å². The average molecular weight is 222 g/mol. The fourth-order valence-corrected chi connectivity index (χ4v) is 0.785. The van der Waals surface area contributed by atoms with Gasteiger partial charge in [0, 0.05) is 17.1 Å². The molecule has 70 valence electrons. The first-order valence-electron chi connectivity index (χ1n) is 3.18. The normalized spacial score (nSPS) is 8.62. The molecule has 0 aliphatic carbocycles. The van der Waals surface area contributed by atoms with E-state index in [1.807, 2.05) is 0 Å². The first kappa shape index (κ1) is 11.7. The zero-order valence-electron chi connectivity index (χ0n) is 6.37. The van der Waals surface area contributed by atoms with Crippen LogP contribution >= 0.6 is 0 Å². The van der Waals surface area contributed by atoms with E-state index in [0.717, 1.165) is 6.07 Å². The maximum Gasteiger partial charge on any atom is 0.335 e. The number of carboxylic acids is 2. The Hall–Kier alpha value is -1.32. The standard InChI is InChI=1S/C8H6O4.Fe/c9-7(10)5-2-1-3-6(4-5)8(11)12;/h1-4H,(H,9,10)(H,11,12);. The van der Waals surface area contributed by atoms with Crippen molar-refractivity contribution in [3.05, 3.63) is 35.4 Å². The van der Waals surface area contributed by atoms with Gasteiger partial charge in [-0.3, -0.25) is 0 Å². The molecule has 0 saturated carbocycles. The molecule has 0 aliphatic heterocycles. The van der Waals surface area contributed by atoms with Crippen molar-refractivity contribution in [1.82, 2.24) is 0 Å². The third-order valence-electron chi connectivity index (χ3n) is 1.36. The summed E-state index contributed by atoms with van der Waals surface area (Å²) in [6, 6.07) is 5.20. The SMILES string of the molecule is O=C(O)c1cccc(C(=O)O)c1.[Fe]. The number of rotatable bonds is 2. The Morgan fingerprint density at radius 2 is 1.38 bits per heavy atom. The van der Waals surface area contributed by atoms with Crippen molar-refractivity contribution >= 4 is 11.9 Å². The molecule has 0 unspecified atom stereocenters. The van der Waals surface area contributed by atoms with Gasteiger partial charge < -0.3 is 10.2 Å². The summed E-state index contributed by atoms with van der Waals surface area (Å²) in [5, 5.41) is 17.0. The van der Waals surface area contributed by atoms with Crippen molar-refractivity contribution in [2.75, 3.05) is 0 Å². The molecule has 0 heterocycles. The Morgan fingerprint density at radius 1 is 1.00 bits per heavy atom. The number of hydrogen-bond donors (Lipinski definition) is 2. The van der Waals surface area contributed by atoms with Crippen LogP contribution in [-0.4, -0.2) is 22.2 Å². The number of benzene rings is 1. The van der Waals surface area contributed by atoms with Crippen LogP contribution in [0.3, 0.4) is 0 Å². The molecule has 1 rings (SSSR count). The van der Waals surface area contributed by atoms with Gasteiger partial charge in [-0.2, -0.15) is 0 Å². The second-order valence-electron chi connectivity index (χ2n) is 2.19. The zero-order valence-corrected chi connectivity index (χ0v) is 7.48. The summed E-state index contributed by atoms with van der Waals surface area (Å²) in [6.07, 6.45) is 0. The quantitative estimate of drug-likeness (QED) is 0.734. The van der Waals surface area contributed by atoms with Crippen molar-refractivity contribution in [2.24, 2.45) is 0 Å². The zero-order chi connectivity index (χ0) is 9.14. The Labute approximate surface area is 84.7 Å². The van der Waals surface area contributed by atoms with E-state index in [4.69, 9.17) is 10.2 Å². The molecular formula is C8H6FeO4. The summed E-state index contributed by atoms with van der Waals surface area (Å²) in [5.41, 5.74) is -0.0372. The van der Waals surface area contributed by atoms with Gasteiger partial charge in [-0.15, -0.1) is 0 Å². The maximum atomic E-state index is 10.4. The fraction of sp³-hybridized carbons (Fsp3) is 0. The summed E-state index contributed by atoms with van der Waals surface area (Å²) in [5.74, 6) is -2.25. The van der Waals surface area contributed by atoms with Crippen LogP contribution < -0.4 is 0 Å². The number of hydrogen-bond acceptors (Lipinski definition) is 2. The molecule has 0 bridgehead atoms. The van der Waals surface area contributed by atoms with E-state index in [0.29, 0.717) is 0 Å². The fourth-order valence-electron chi connectivity index (χ4n) is 0.785. The number of carboxylic acid groups (broad SMARTS) is 2. The predicted octanol–water partition coefficient (Wildman–Crippen LogP) is 1.08. The van der Waals surface area contributed by atoms with Crippen molar-refractivity contribution in [1.29, 1.82) is 0 Å². The van der Waals surface area contributed by atoms with Crippen LogP contribution in [-0.2, 0) is 17.1 Å². The first-order chi connectivity index (χ1) is 5.61. The average Bonchev–Trinajstić information content (AvgIpc) is 2.04. The van der Waals surface area contributed by atoms with E-state index in [9.17, 15) is 9.59 Å². The van der Waals surface area contributed by atoms with Crippen LogP contribution in [0.2, 0.25) is 0 Å². The molecule has 0 saturated heterocycles. The molecule has 5 heteroatoms. The Kier molecular flexibility index (Phi) is 4.17. The monoisotopic (exact) mass is 222 g/mol. The summed E-state index contributed by atoms with van der Waals surface area (Å²) >= 11 is 0. The third kappa shape index (κ3) is 2.89. The summed E-state index contributed by atoms with van der Waals surface area (Å²) in [7, 11) is 0. The molecule has 0 spiro atoms. The minimum atomic E-state index is -1.13. The van der Waals surface area contributed by atoms with Gasteiger partial charge in [0.25, 0.3) is 0 Å². The molecule has 1 aromatic carbocycles. The Bertz CT molecular complexity index is 305. The molecule has 13 heavy (non-hydrogen) atoms. The van der Waals surface area contributed by atoms with Gasteiger partial charge in [-0.25, -0.2) is 9.59 Å². The second kappa shape index (κ2) is 4.64. The summed E-state index contributed by atoms with van der Waals surface area (Å²) in [6.45, 7) is 0. The smallest absolute Gasteiger partial charge is 0.335 e. The molecule has 0 amide bonds. The molecule has 2 N–H and O–H groups in total. The van der Waals surface area contributed by atoms with Crippen LogP contribution in [0.25, 0.3) is 0 Å². The van der Waals surface area contributed by atoms with Gasteiger partial charge >= 0.3 is 11.9 Å². The molecule has 0 aromatic heterocycles. The molecule has 4 nitrogen and oxygen atoms in total. The molecule has 0 atom stereocenters. The van der Waals surface area contributed by atoms with Crippen LogP contribution in [0.4, 0.5) is 0 Å². The van der Waals surface area contributed by atoms with E-state index < -0.39 is 11.9 Å². The van der Waals surface area contributed by atoms with Crippen LogP contribution in [0.15, 0.2) is 24.3 Å². The van der Waals surface area contributed by atoms with E-state index in [-0.39, 0.29) is 28.2 Å².